The van der Waals surface area contributed by atoms with Crippen LogP contribution in [0.1, 0.15) is 18.9 Å². The van der Waals surface area contributed by atoms with Gasteiger partial charge in [0.15, 0.2) is 17.5 Å². The molecular formula is C20H20F3N3O2. The Morgan fingerprint density at radius 3 is 2.61 bits per heavy atom. The van der Waals surface area contributed by atoms with Crippen molar-refractivity contribution in [2.24, 2.45) is 0 Å². The van der Waals surface area contributed by atoms with Crippen molar-refractivity contribution in [3.05, 3.63) is 59.4 Å². The molecule has 28 heavy (non-hydrogen) atoms. The highest BCUT2D eigenvalue weighted by molar-refractivity contribution is 5.95. The molecule has 148 valence electrons. The quantitative estimate of drug-likeness (QED) is 0.771. The molecule has 0 aliphatic carbocycles. The molecule has 3 rings (SSSR count). The Hall–Kier alpha value is -3.03. The molecule has 0 unspecified atom stereocenters. The maximum absolute atomic E-state index is 13.6. The molecule has 0 aromatic heterocycles. The molecule has 0 saturated carbocycles. The van der Waals surface area contributed by atoms with Gasteiger partial charge in [-0.05, 0) is 43.5 Å². The maximum Gasteiger partial charge on any atom is 0.243 e. The molecule has 1 atom stereocenters. The van der Waals surface area contributed by atoms with Crippen molar-refractivity contribution in [3.63, 3.8) is 0 Å². The first-order valence-corrected chi connectivity index (χ1v) is 8.91. The van der Waals surface area contributed by atoms with Crippen molar-refractivity contribution in [2.75, 3.05) is 23.3 Å². The van der Waals surface area contributed by atoms with Gasteiger partial charge in [0.1, 0.15) is 0 Å². The third-order valence-electron chi connectivity index (χ3n) is 4.73. The van der Waals surface area contributed by atoms with Gasteiger partial charge in [-0.2, -0.15) is 0 Å². The summed E-state index contributed by atoms with van der Waals surface area (Å²) in [6, 6.07) is 9.64. The molecule has 0 bridgehead atoms. The van der Waals surface area contributed by atoms with E-state index in [1.807, 2.05) is 36.1 Å². The number of carbonyl (C=O) groups excluding carboxylic acids is 2. The first-order valence-electron chi connectivity index (χ1n) is 8.91. The number of anilines is 2. The normalized spacial score (nSPS) is 15.7. The van der Waals surface area contributed by atoms with Gasteiger partial charge in [-0.3, -0.25) is 9.59 Å². The van der Waals surface area contributed by atoms with Crippen molar-refractivity contribution >= 4 is 23.2 Å². The summed E-state index contributed by atoms with van der Waals surface area (Å²) in [5, 5.41) is 4.58. The minimum atomic E-state index is -1.67. The highest BCUT2D eigenvalue weighted by atomic mass is 19.2. The number of hydrogen-bond acceptors (Lipinski definition) is 3. The summed E-state index contributed by atoms with van der Waals surface area (Å²) in [5.74, 6) is -5.62. The van der Waals surface area contributed by atoms with Gasteiger partial charge in [0, 0.05) is 11.7 Å². The second kappa shape index (κ2) is 8.33. The lowest BCUT2D eigenvalue weighted by Gasteiger charge is -2.36. The van der Waals surface area contributed by atoms with Crippen LogP contribution in [0.4, 0.5) is 24.5 Å². The number of rotatable bonds is 5. The summed E-state index contributed by atoms with van der Waals surface area (Å²) < 4.78 is 39.7. The number of nitrogens with zero attached hydrogens (tertiary/aromatic N) is 1. The van der Waals surface area contributed by atoms with E-state index in [2.05, 4.69) is 10.6 Å². The van der Waals surface area contributed by atoms with Crippen molar-refractivity contribution in [3.8, 4) is 0 Å². The van der Waals surface area contributed by atoms with E-state index in [1.165, 1.54) is 5.56 Å². The lowest BCUT2D eigenvalue weighted by molar-refractivity contribution is -0.123. The number of benzene rings is 2. The minimum Gasteiger partial charge on any atom is -0.359 e. The summed E-state index contributed by atoms with van der Waals surface area (Å²) >= 11 is 0. The standard InChI is InChI=1S/C20H20F3N3O2/c1-12-6-7-13-4-2-3-5-16(13)26(12)11-18(28)24-10-17(27)25-15-9-8-14(21)19(22)20(15)23/h2-5,8-9,12H,6-7,10-11H2,1H3,(H,24,28)(H,25,27)/t12-/m1/s1. The van der Waals surface area contributed by atoms with E-state index in [-0.39, 0.29) is 18.5 Å². The zero-order chi connectivity index (χ0) is 20.3. The van der Waals surface area contributed by atoms with E-state index in [9.17, 15) is 22.8 Å². The molecule has 0 fully saturated rings. The predicted octanol–water partition coefficient (Wildman–Crippen LogP) is 3.00. The van der Waals surface area contributed by atoms with Crippen LogP contribution in [0.25, 0.3) is 0 Å². The van der Waals surface area contributed by atoms with Crippen molar-refractivity contribution in [2.45, 2.75) is 25.8 Å². The molecular weight excluding hydrogens is 371 g/mol. The molecule has 1 aliphatic heterocycles. The second-order valence-electron chi connectivity index (χ2n) is 6.69. The Balaban J connectivity index is 1.56. The molecule has 0 radical (unpaired) electrons. The van der Waals surface area contributed by atoms with E-state index >= 15 is 0 Å². The first-order chi connectivity index (χ1) is 13.4. The van der Waals surface area contributed by atoms with Gasteiger partial charge in [-0.1, -0.05) is 18.2 Å². The summed E-state index contributed by atoms with van der Waals surface area (Å²) in [4.78, 5) is 26.1. The van der Waals surface area contributed by atoms with Crippen molar-refractivity contribution < 1.29 is 22.8 Å². The van der Waals surface area contributed by atoms with Crippen LogP contribution in [0, 0.1) is 17.5 Å². The zero-order valence-corrected chi connectivity index (χ0v) is 15.3. The van der Waals surface area contributed by atoms with Crippen LogP contribution in [-0.2, 0) is 16.0 Å². The molecule has 1 heterocycles. The highest BCUT2D eigenvalue weighted by Crippen LogP contribution is 2.29. The van der Waals surface area contributed by atoms with Crippen LogP contribution in [0.15, 0.2) is 36.4 Å². The zero-order valence-electron chi connectivity index (χ0n) is 15.3. The highest BCUT2D eigenvalue weighted by Gasteiger charge is 2.24. The summed E-state index contributed by atoms with van der Waals surface area (Å²) in [7, 11) is 0. The average molecular weight is 391 g/mol. The average Bonchev–Trinajstić information content (AvgIpc) is 2.69. The number of aryl methyl sites for hydroxylation is 1. The van der Waals surface area contributed by atoms with E-state index in [1.54, 1.807) is 0 Å². The Morgan fingerprint density at radius 2 is 1.82 bits per heavy atom. The molecule has 5 nitrogen and oxygen atoms in total. The first kappa shape index (κ1) is 19.7. The molecule has 0 spiro atoms. The van der Waals surface area contributed by atoms with Crippen LogP contribution < -0.4 is 15.5 Å². The monoisotopic (exact) mass is 391 g/mol. The van der Waals surface area contributed by atoms with Crippen molar-refractivity contribution in [1.82, 2.24) is 5.32 Å². The lowest BCUT2D eigenvalue weighted by Crippen LogP contribution is -2.45. The van der Waals surface area contributed by atoms with Crippen LogP contribution in [0.2, 0.25) is 0 Å². The molecule has 0 saturated heterocycles. The number of nitrogens with one attached hydrogen (secondary N) is 2. The van der Waals surface area contributed by atoms with Crippen LogP contribution in [-0.4, -0.2) is 30.9 Å². The van der Waals surface area contributed by atoms with Gasteiger partial charge in [0.25, 0.3) is 0 Å². The third kappa shape index (κ3) is 4.27. The van der Waals surface area contributed by atoms with E-state index in [0.29, 0.717) is 6.07 Å². The van der Waals surface area contributed by atoms with Gasteiger partial charge in [0.2, 0.25) is 11.8 Å². The largest absolute Gasteiger partial charge is 0.359 e. The fourth-order valence-corrected chi connectivity index (χ4v) is 3.21. The Kier molecular flexibility index (Phi) is 5.87. The smallest absolute Gasteiger partial charge is 0.243 e. The van der Waals surface area contributed by atoms with Crippen LogP contribution in [0.3, 0.4) is 0 Å². The van der Waals surface area contributed by atoms with E-state index < -0.39 is 35.6 Å². The lowest BCUT2D eigenvalue weighted by atomic mass is 9.97. The molecule has 8 heteroatoms. The molecule has 2 amide bonds. The number of amides is 2. The number of para-hydroxylation sites is 1. The minimum absolute atomic E-state index is 0.0744. The Morgan fingerprint density at radius 1 is 1.07 bits per heavy atom. The fourth-order valence-electron chi connectivity index (χ4n) is 3.21. The Bertz CT molecular complexity index is 904. The molecule has 2 aromatic carbocycles. The van der Waals surface area contributed by atoms with E-state index in [0.717, 1.165) is 24.6 Å². The predicted molar refractivity (Wildman–Crippen MR) is 99.5 cm³/mol. The summed E-state index contributed by atoms with van der Waals surface area (Å²) in [6.45, 7) is 1.69. The summed E-state index contributed by atoms with van der Waals surface area (Å²) in [6.07, 6.45) is 1.86. The third-order valence-corrected chi connectivity index (χ3v) is 4.73. The topological polar surface area (TPSA) is 61.4 Å². The van der Waals surface area contributed by atoms with Gasteiger partial charge in [-0.15, -0.1) is 0 Å². The number of hydrogen-bond donors (Lipinski definition) is 2. The number of halogens is 3. The van der Waals surface area contributed by atoms with Gasteiger partial charge in [-0.25, -0.2) is 13.2 Å². The van der Waals surface area contributed by atoms with Gasteiger partial charge < -0.3 is 15.5 Å². The fraction of sp³-hybridized carbons (Fsp3) is 0.300. The maximum atomic E-state index is 13.6. The van der Waals surface area contributed by atoms with Crippen LogP contribution >= 0.6 is 0 Å². The molecule has 1 aliphatic rings. The van der Waals surface area contributed by atoms with Gasteiger partial charge >= 0.3 is 0 Å². The SMILES string of the molecule is C[C@@H]1CCc2ccccc2N1CC(=O)NCC(=O)Nc1ccc(F)c(F)c1F. The Labute approximate surface area is 160 Å². The number of fused-ring (bicyclic) bond motifs is 1. The van der Waals surface area contributed by atoms with E-state index in [4.69, 9.17) is 0 Å². The number of carbonyl (C=O) groups is 2. The van der Waals surface area contributed by atoms with Crippen molar-refractivity contribution in [1.29, 1.82) is 0 Å². The molecule has 2 N–H and O–H groups in total. The summed E-state index contributed by atoms with van der Waals surface area (Å²) in [5.41, 5.74) is 1.67. The van der Waals surface area contributed by atoms with Crippen LogP contribution in [0.5, 0.6) is 0 Å². The second-order valence-corrected chi connectivity index (χ2v) is 6.69. The molecule has 2 aromatic rings. The van der Waals surface area contributed by atoms with Gasteiger partial charge in [0.05, 0.1) is 18.8 Å².